The topological polar surface area (TPSA) is 68.8 Å². The van der Waals surface area contributed by atoms with E-state index in [2.05, 4.69) is 10.6 Å². The SMILES string of the molecule is COc1ccc(NC(=O)NCCOc2ccc(OC)cc2)cc1. The van der Waals surface area contributed by atoms with Crippen LogP contribution in [0, 0.1) is 0 Å². The van der Waals surface area contributed by atoms with Gasteiger partial charge >= 0.3 is 6.03 Å². The molecule has 0 saturated carbocycles. The molecule has 0 saturated heterocycles. The van der Waals surface area contributed by atoms with Crippen molar-refractivity contribution in [2.45, 2.75) is 0 Å². The second-order valence-electron chi connectivity index (χ2n) is 4.63. The van der Waals surface area contributed by atoms with Crippen LogP contribution in [0.15, 0.2) is 48.5 Å². The van der Waals surface area contributed by atoms with Crippen LogP contribution < -0.4 is 24.8 Å². The summed E-state index contributed by atoms with van der Waals surface area (Å²) in [5, 5.41) is 5.45. The summed E-state index contributed by atoms with van der Waals surface area (Å²) in [5.41, 5.74) is 0.694. The molecule has 2 aromatic rings. The quantitative estimate of drug-likeness (QED) is 0.771. The fourth-order valence-electron chi connectivity index (χ4n) is 1.86. The molecule has 0 aliphatic rings. The molecule has 122 valence electrons. The zero-order valence-corrected chi connectivity index (χ0v) is 13.2. The standard InChI is InChI=1S/C17H20N2O4/c1-21-14-5-3-13(4-6-14)19-17(20)18-11-12-23-16-9-7-15(22-2)8-10-16/h3-10H,11-12H2,1-2H3,(H2,18,19,20). The Balaban J connectivity index is 1.67. The van der Waals surface area contributed by atoms with E-state index in [1.54, 1.807) is 38.5 Å². The molecule has 2 amide bonds. The molecule has 0 fully saturated rings. The number of amides is 2. The molecule has 0 aromatic heterocycles. The van der Waals surface area contributed by atoms with Crippen LogP contribution in [0.2, 0.25) is 0 Å². The van der Waals surface area contributed by atoms with E-state index < -0.39 is 0 Å². The summed E-state index contributed by atoms with van der Waals surface area (Å²) in [7, 11) is 3.21. The van der Waals surface area contributed by atoms with Gasteiger partial charge in [-0.3, -0.25) is 0 Å². The molecule has 2 aromatic carbocycles. The molecule has 0 aliphatic carbocycles. The van der Waals surface area contributed by atoms with Crippen molar-refractivity contribution < 1.29 is 19.0 Å². The minimum Gasteiger partial charge on any atom is -0.497 e. The summed E-state index contributed by atoms with van der Waals surface area (Å²) in [6, 6.07) is 14.1. The number of methoxy groups -OCH3 is 2. The third-order valence-corrected chi connectivity index (χ3v) is 3.06. The summed E-state index contributed by atoms with van der Waals surface area (Å²) in [6.07, 6.45) is 0. The molecule has 0 spiro atoms. The van der Waals surface area contributed by atoms with E-state index in [0.29, 0.717) is 18.8 Å². The molecule has 2 N–H and O–H groups in total. The van der Waals surface area contributed by atoms with Gasteiger partial charge in [0.1, 0.15) is 23.9 Å². The number of ether oxygens (including phenoxy) is 3. The largest absolute Gasteiger partial charge is 0.497 e. The Morgan fingerprint density at radius 2 is 1.39 bits per heavy atom. The van der Waals surface area contributed by atoms with Gasteiger partial charge in [0.25, 0.3) is 0 Å². The summed E-state index contributed by atoms with van der Waals surface area (Å²) in [6.45, 7) is 0.774. The Kier molecular flexibility index (Phi) is 6.11. The first-order chi connectivity index (χ1) is 11.2. The number of benzene rings is 2. The normalized spacial score (nSPS) is 9.83. The zero-order chi connectivity index (χ0) is 16.5. The third kappa shape index (κ3) is 5.43. The van der Waals surface area contributed by atoms with E-state index in [1.807, 2.05) is 24.3 Å². The summed E-state index contributed by atoms with van der Waals surface area (Å²) in [4.78, 5) is 11.7. The van der Waals surface area contributed by atoms with Crippen LogP contribution in [0.3, 0.4) is 0 Å². The molecule has 23 heavy (non-hydrogen) atoms. The second-order valence-corrected chi connectivity index (χ2v) is 4.63. The fourth-order valence-corrected chi connectivity index (χ4v) is 1.86. The van der Waals surface area contributed by atoms with Gasteiger partial charge in [0.15, 0.2) is 0 Å². The van der Waals surface area contributed by atoms with Crippen molar-refractivity contribution in [2.75, 3.05) is 32.7 Å². The maximum absolute atomic E-state index is 11.7. The first kappa shape index (κ1) is 16.5. The molecule has 0 atom stereocenters. The van der Waals surface area contributed by atoms with Gasteiger partial charge in [-0.1, -0.05) is 0 Å². The number of hydrogen-bond donors (Lipinski definition) is 2. The van der Waals surface area contributed by atoms with Gasteiger partial charge in [-0.05, 0) is 48.5 Å². The highest BCUT2D eigenvalue weighted by molar-refractivity contribution is 5.89. The van der Waals surface area contributed by atoms with E-state index in [1.165, 1.54) is 0 Å². The lowest BCUT2D eigenvalue weighted by atomic mass is 10.3. The molecular formula is C17H20N2O4. The predicted octanol–water partition coefficient (Wildman–Crippen LogP) is 2.90. The van der Waals surface area contributed by atoms with Crippen molar-refractivity contribution in [1.82, 2.24) is 5.32 Å². The monoisotopic (exact) mass is 316 g/mol. The number of nitrogens with one attached hydrogen (secondary N) is 2. The highest BCUT2D eigenvalue weighted by atomic mass is 16.5. The van der Waals surface area contributed by atoms with Gasteiger partial charge in [0.2, 0.25) is 0 Å². The second kappa shape index (κ2) is 8.53. The van der Waals surface area contributed by atoms with Crippen molar-refractivity contribution >= 4 is 11.7 Å². The van der Waals surface area contributed by atoms with Gasteiger partial charge < -0.3 is 24.8 Å². The number of hydrogen-bond acceptors (Lipinski definition) is 4. The maximum atomic E-state index is 11.7. The van der Waals surface area contributed by atoms with Crippen molar-refractivity contribution in [2.24, 2.45) is 0 Å². The summed E-state index contributed by atoms with van der Waals surface area (Å²) < 4.78 is 15.6. The van der Waals surface area contributed by atoms with Crippen molar-refractivity contribution in [1.29, 1.82) is 0 Å². The van der Waals surface area contributed by atoms with Gasteiger partial charge in [-0.15, -0.1) is 0 Å². The summed E-state index contributed by atoms with van der Waals surface area (Å²) >= 11 is 0. The Morgan fingerprint density at radius 3 is 1.96 bits per heavy atom. The van der Waals surface area contributed by atoms with E-state index in [-0.39, 0.29) is 6.03 Å². The van der Waals surface area contributed by atoms with Crippen LogP contribution in [-0.2, 0) is 0 Å². The van der Waals surface area contributed by atoms with Crippen LogP contribution in [0.5, 0.6) is 17.2 Å². The molecule has 2 rings (SSSR count). The van der Waals surface area contributed by atoms with Crippen LogP contribution in [0.1, 0.15) is 0 Å². The average molecular weight is 316 g/mol. The van der Waals surface area contributed by atoms with Crippen LogP contribution >= 0.6 is 0 Å². The van der Waals surface area contributed by atoms with E-state index in [4.69, 9.17) is 14.2 Å². The van der Waals surface area contributed by atoms with Gasteiger partial charge in [-0.2, -0.15) is 0 Å². The lowest BCUT2D eigenvalue weighted by molar-refractivity contribution is 0.247. The third-order valence-electron chi connectivity index (χ3n) is 3.06. The molecule has 6 heteroatoms. The number of rotatable bonds is 7. The van der Waals surface area contributed by atoms with Crippen molar-refractivity contribution in [3.63, 3.8) is 0 Å². The van der Waals surface area contributed by atoms with E-state index >= 15 is 0 Å². The van der Waals surface area contributed by atoms with Gasteiger partial charge in [0.05, 0.1) is 20.8 Å². The highest BCUT2D eigenvalue weighted by Gasteiger charge is 2.02. The average Bonchev–Trinajstić information content (AvgIpc) is 2.60. The molecule has 0 heterocycles. The lowest BCUT2D eigenvalue weighted by Gasteiger charge is -2.10. The Labute approximate surface area is 135 Å². The van der Waals surface area contributed by atoms with Crippen molar-refractivity contribution in [3.8, 4) is 17.2 Å². The van der Waals surface area contributed by atoms with Crippen LogP contribution in [-0.4, -0.2) is 33.4 Å². The van der Waals surface area contributed by atoms with Crippen LogP contribution in [0.25, 0.3) is 0 Å². The fraction of sp³-hybridized carbons (Fsp3) is 0.235. The highest BCUT2D eigenvalue weighted by Crippen LogP contribution is 2.17. The van der Waals surface area contributed by atoms with E-state index in [9.17, 15) is 4.79 Å². The Hall–Kier alpha value is -2.89. The number of carbonyl (C=O) groups is 1. The Bertz CT molecular complexity index is 611. The van der Waals surface area contributed by atoms with Gasteiger partial charge in [-0.25, -0.2) is 4.79 Å². The van der Waals surface area contributed by atoms with Gasteiger partial charge in [0, 0.05) is 5.69 Å². The minimum absolute atomic E-state index is 0.284. The van der Waals surface area contributed by atoms with E-state index in [0.717, 1.165) is 17.2 Å². The predicted molar refractivity (Wildman–Crippen MR) is 88.5 cm³/mol. The molecule has 0 bridgehead atoms. The number of carbonyl (C=O) groups excluding carboxylic acids is 1. The smallest absolute Gasteiger partial charge is 0.319 e. The first-order valence-electron chi connectivity index (χ1n) is 7.17. The Morgan fingerprint density at radius 1 is 0.870 bits per heavy atom. The number of anilines is 1. The number of urea groups is 1. The zero-order valence-electron chi connectivity index (χ0n) is 13.2. The van der Waals surface area contributed by atoms with Crippen LogP contribution in [0.4, 0.5) is 10.5 Å². The molecule has 0 aliphatic heterocycles. The maximum Gasteiger partial charge on any atom is 0.319 e. The van der Waals surface area contributed by atoms with Crippen molar-refractivity contribution in [3.05, 3.63) is 48.5 Å². The lowest BCUT2D eigenvalue weighted by Crippen LogP contribution is -2.32. The minimum atomic E-state index is -0.284. The first-order valence-corrected chi connectivity index (χ1v) is 7.17. The molecule has 0 radical (unpaired) electrons. The molecule has 6 nitrogen and oxygen atoms in total. The molecule has 0 unspecified atom stereocenters. The molecular weight excluding hydrogens is 296 g/mol. The summed E-state index contributed by atoms with van der Waals surface area (Å²) in [5.74, 6) is 2.24.